The number of hydrogen-bond donors (Lipinski definition) is 2. The summed E-state index contributed by atoms with van der Waals surface area (Å²) >= 11 is 0. The van der Waals surface area contributed by atoms with Crippen LogP contribution in [0.25, 0.3) is 0 Å². The lowest BCUT2D eigenvalue weighted by molar-refractivity contribution is -0.204. The maximum atomic E-state index is 13.8. The van der Waals surface area contributed by atoms with Gasteiger partial charge < -0.3 is 29.2 Å². The number of ether oxygens (including phenoxy) is 4. The Hall–Kier alpha value is -1.32. The fourth-order valence-corrected chi connectivity index (χ4v) is 8.86. The van der Waals surface area contributed by atoms with Gasteiger partial charge in [0, 0.05) is 26.1 Å². The molecule has 13 atom stereocenters. The monoisotopic (exact) mass is 548 g/mol. The third-order valence-electron chi connectivity index (χ3n) is 10.8. The van der Waals surface area contributed by atoms with Crippen LogP contribution in [0.3, 0.4) is 0 Å². The molecule has 0 bridgehead atoms. The zero-order chi connectivity index (χ0) is 27.8. The molecule has 4 fully saturated rings. The zero-order valence-corrected chi connectivity index (χ0v) is 24.0. The molecule has 0 aromatic heterocycles. The highest BCUT2D eigenvalue weighted by molar-refractivity contribution is 5.98. The van der Waals surface area contributed by atoms with Gasteiger partial charge in [0.05, 0.1) is 25.2 Å². The molecule has 1 saturated heterocycles. The van der Waals surface area contributed by atoms with Gasteiger partial charge in [-0.15, -0.1) is 0 Å². The minimum atomic E-state index is -1.08. The van der Waals surface area contributed by atoms with E-state index in [2.05, 4.69) is 13.0 Å². The van der Waals surface area contributed by atoms with Gasteiger partial charge in [0.15, 0.2) is 12.1 Å². The summed E-state index contributed by atoms with van der Waals surface area (Å²) in [6.07, 6.45) is 6.90. The van der Waals surface area contributed by atoms with E-state index in [-0.39, 0.29) is 66.6 Å². The molecule has 2 N–H and O–H groups in total. The molecule has 8 nitrogen and oxygen atoms in total. The van der Waals surface area contributed by atoms with E-state index in [1.807, 2.05) is 6.92 Å². The number of hydrogen-bond acceptors (Lipinski definition) is 8. The van der Waals surface area contributed by atoms with Gasteiger partial charge in [-0.25, -0.2) is 0 Å². The van der Waals surface area contributed by atoms with Crippen molar-refractivity contribution in [1.29, 1.82) is 0 Å². The SMILES string of the molecule is CC[C@H]1CCCC[C@@H](C)C(=O)C2=CC3[C@@H]4C[C@H](OC(O)[C@H](COC)OC)CC4[C@@H]4CC(O)[C@@H]4[C@H]3[C@@H]2CC(=O)O1. The molecule has 0 radical (unpaired) electrons. The van der Waals surface area contributed by atoms with Crippen LogP contribution in [0.2, 0.25) is 0 Å². The number of rotatable bonds is 7. The first kappa shape index (κ1) is 29.2. The van der Waals surface area contributed by atoms with Gasteiger partial charge in [-0.1, -0.05) is 26.3 Å². The molecule has 39 heavy (non-hydrogen) atoms. The lowest BCUT2D eigenvalue weighted by Gasteiger charge is -2.57. The van der Waals surface area contributed by atoms with Gasteiger partial charge in [-0.3, -0.25) is 9.59 Å². The molecule has 0 amide bonds. The Morgan fingerprint density at radius 2 is 1.79 bits per heavy atom. The highest BCUT2D eigenvalue weighted by Gasteiger charge is 2.63. The van der Waals surface area contributed by atoms with Crippen molar-refractivity contribution < 1.29 is 38.7 Å². The van der Waals surface area contributed by atoms with Crippen molar-refractivity contribution >= 4 is 11.8 Å². The van der Waals surface area contributed by atoms with Gasteiger partial charge >= 0.3 is 5.97 Å². The highest BCUT2D eigenvalue weighted by Crippen LogP contribution is 2.65. The van der Waals surface area contributed by atoms with Crippen molar-refractivity contribution in [2.45, 2.75) is 102 Å². The zero-order valence-electron chi connectivity index (χ0n) is 24.0. The molecular weight excluding hydrogens is 500 g/mol. The number of allylic oxidation sites excluding steroid dienone is 2. The van der Waals surface area contributed by atoms with E-state index in [4.69, 9.17) is 18.9 Å². The predicted octanol–water partition coefficient (Wildman–Crippen LogP) is 3.67. The van der Waals surface area contributed by atoms with Crippen LogP contribution in [0.4, 0.5) is 0 Å². The van der Waals surface area contributed by atoms with Crippen LogP contribution >= 0.6 is 0 Å². The van der Waals surface area contributed by atoms with E-state index < -0.39 is 18.5 Å². The van der Waals surface area contributed by atoms with Crippen LogP contribution in [0, 0.1) is 47.3 Å². The second kappa shape index (κ2) is 12.3. The maximum absolute atomic E-state index is 13.8. The lowest BCUT2D eigenvalue weighted by atomic mass is 9.48. The van der Waals surface area contributed by atoms with Crippen molar-refractivity contribution in [1.82, 2.24) is 0 Å². The van der Waals surface area contributed by atoms with E-state index >= 15 is 0 Å². The number of cyclic esters (lactones) is 1. The Morgan fingerprint density at radius 3 is 2.49 bits per heavy atom. The Labute approximate surface area is 232 Å². The highest BCUT2D eigenvalue weighted by atomic mass is 16.6. The summed E-state index contributed by atoms with van der Waals surface area (Å²) < 4.78 is 22.6. The number of ketones is 1. The second-order valence-electron chi connectivity index (χ2n) is 12.9. The van der Waals surface area contributed by atoms with Crippen molar-refractivity contribution in [3.63, 3.8) is 0 Å². The molecule has 5 rings (SSSR count). The summed E-state index contributed by atoms with van der Waals surface area (Å²) in [4.78, 5) is 27.0. The molecule has 0 aromatic carbocycles. The summed E-state index contributed by atoms with van der Waals surface area (Å²) in [6.45, 7) is 4.32. The van der Waals surface area contributed by atoms with E-state index in [1.165, 1.54) is 7.11 Å². The first-order valence-electron chi connectivity index (χ1n) is 15.3. The summed E-state index contributed by atoms with van der Waals surface area (Å²) in [5.74, 6) is 0.921. The van der Waals surface area contributed by atoms with Crippen molar-refractivity contribution in [3.05, 3.63) is 11.6 Å². The molecule has 0 spiro atoms. The molecule has 0 aromatic rings. The first-order chi connectivity index (χ1) is 18.8. The summed E-state index contributed by atoms with van der Waals surface area (Å²) in [5, 5.41) is 21.7. The maximum Gasteiger partial charge on any atom is 0.306 e. The number of aliphatic hydroxyl groups is 2. The average Bonchev–Trinajstić information content (AvgIpc) is 3.47. The minimum Gasteiger partial charge on any atom is -0.462 e. The largest absolute Gasteiger partial charge is 0.462 e. The minimum absolute atomic E-state index is 0.0607. The van der Waals surface area contributed by atoms with Crippen LogP contribution in [-0.4, -0.2) is 73.5 Å². The molecule has 4 unspecified atom stereocenters. The topological polar surface area (TPSA) is 112 Å². The van der Waals surface area contributed by atoms with Crippen LogP contribution in [0.5, 0.6) is 0 Å². The van der Waals surface area contributed by atoms with E-state index in [9.17, 15) is 19.8 Å². The van der Waals surface area contributed by atoms with Gasteiger partial charge in [0.25, 0.3) is 0 Å². The average molecular weight is 549 g/mol. The lowest BCUT2D eigenvalue weighted by Crippen LogP contribution is -2.57. The number of Topliss-reactive ketones (excluding diaryl/α,β-unsaturated/α-hetero) is 1. The van der Waals surface area contributed by atoms with Gasteiger partial charge in [-0.05, 0) is 86.0 Å². The number of carbonyl (C=O) groups excluding carboxylic acids is 2. The molecule has 220 valence electrons. The summed E-state index contributed by atoms with van der Waals surface area (Å²) in [5.41, 5.74) is 0.797. The number of aliphatic hydroxyl groups excluding tert-OH is 2. The third kappa shape index (κ3) is 5.61. The fraction of sp³-hybridized carbons (Fsp3) is 0.871. The van der Waals surface area contributed by atoms with E-state index in [1.54, 1.807) is 7.11 Å². The van der Waals surface area contributed by atoms with Gasteiger partial charge in [-0.2, -0.15) is 0 Å². The molecule has 4 aliphatic carbocycles. The number of fused-ring (bicyclic) bond motifs is 8. The van der Waals surface area contributed by atoms with Crippen LogP contribution in [0.1, 0.15) is 71.6 Å². The predicted molar refractivity (Wildman–Crippen MR) is 143 cm³/mol. The van der Waals surface area contributed by atoms with Gasteiger partial charge in [0.1, 0.15) is 12.2 Å². The number of methoxy groups -OCH3 is 2. The third-order valence-corrected chi connectivity index (χ3v) is 10.8. The summed E-state index contributed by atoms with van der Waals surface area (Å²) in [6, 6.07) is 0. The first-order valence-corrected chi connectivity index (χ1v) is 15.3. The molecule has 3 saturated carbocycles. The van der Waals surface area contributed by atoms with Crippen LogP contribution < -0.4 is 0 Å². The molecular formula is C31H48O8. The Kier molecular flexibility index (Phi) is 9.18. The smallest absolute Gasteiger partial charge is 0.306 e. The van der Waals surface area contributed by atoms with Crippen molar-refractivity contribution in [2.75, 3.05) is 20.8 Å². The Balaban J connectivity index is 1.41. The Morgan fingerprint density at radius 1 is 1.05 bits per heavy atom. The standard InChI is InChI=1S/C31H48O8/c1-5-17-9-7-6-8-16(2)30(34)24-12-21-19-10-18(39-31(35)26(37-4)15-36-3)11-20(19)22-13-25(32)29(22)28(21)23(24)14-27(33)38-17/h12,16-23,25-26,28-29,31-32,35H,5-11,13-15H2,1-4H3/t16-,17+,18+,19-,20?,21?,22+,23-,25?,26+,28-,29-,31?/m1/s1. The molecule has 5 aliphatic rings. The fourth-order valence-electron chi connectivity index (χ4n) is 8.86. The summed E-state index contributed by atoms with van der Waals surface area (Å²) in [7, 11) is 3.10. The number of esters is 1. The van der Waals surface area contributed by atoms with E-state index in [0.717, 1.165) is 56.9 Å². The van der Waals surface area contributed by atoms with E-state index in [0.29, 0.717) is 17.8 Å². The van der Waals surface area contributed by atoms with Crippen molar-refractivity contribution in [3.8, 4) is 0 Å². The van der Waals surface area contributed by atoms with Gasteiger partial charge in [0.2, 0.25) is 0 Å². The number of carbonyl (C=O) groups is 2. The Bertz CT molecular complexity index is 918. The quantitative estimate of drug-likeness (QED) is 0.366. The van der Waals surface area contributed by atoms with Crippen molar-refractivity contribution in [2.24, 2.45) is 47.3 Å². The van der Waals surface area contributed by atoms with Crippen LogP contribution in [0.15, 0.2) is 11.6 Å². The van der Waals surface area contributed by atoms with Crippen LogP contribution in [-0.2, 0) is 28.5 Å². The normalized spacial score (nSPS) is 43.8. The molecule has 1 heterocycles. The molecule has 1 aliphatic heterocycles. The second-order valence-corrected chi connectivity index (χ2v) is 12.9. The molecule has 8 heteroatoms.